The molecule has 0 saturated carbocycles. The number of nitrogen functional groups attached to an aromatic ring is 1. The molecule has 3 aromatic heterocycles. The van der Waals surface area contributed by atoms with Gasteiger partial charge in [-0.2, -0.15) is 9.97 Å². The average molecular weight is 486 g/mol. The number of nitrogens with two attached hydrogens (primary N) is 1. The lowest BCUT2D eigenvalue weighted by molar-refractivity contribution is -0.145. The number of aryl methyl sites for hydroxylation is 2. The van der Waals surface area contributed by atoms with E-state index >= 15 is 0 Å². The number of halogens is 1. The highest BCUT2D eigenvalue weighted by Gasteiger charge is 2.24. The van der Waals surface area contributed by atoms with Gasteiger partial charge in [-0.05, 0) is 38.1 Å². The lowest BCUT2D eigenvalue weighted by Crippen LogP contribution is -2.10. The van der Waals surface area contributed by atoms with Crippen molar-refractivity contribution >= 4 is 40.5 Å². The highest BCUT2D eigenvalue weighted by Crippen LogP contribution is 2.29. The predicted molar refractivity (Wildman–Crippen MR) is 120 cm³/mol. The summed E-state index contributed by atoms with van der Waals surface area (Å²) in [4.78, 5) is 37.0. The van der Waals surface area contributed by atoms with E-state index in [0.29, 0.717) is 22.5 Å². The van der Waals surface area contributed by atoms with Crippen molar-refractivity contribution in [2.75, 3.05) is 12.3 Å². The van der Waals surface area contributed by atoms with Gasteiger partial charge in [-0.1, -0.05) is 16.8 Å². The number of carbonyl (C=O) groups excluding carboxylic acids is 2. The van der Waals surface area contributed by atoms with Gasteiger partial charge < -0.3 is 24.1 Å². The van der Waals surface area contributed by atoms with Gasteiger partial charge in [0.25, 0.3) is 0 Å². The molecule has 0 aliphatic carbocycles. The Kier molecular flexibility index (Phi) is 6.73. The largest absolute Gasteiger partial charge is 0.462 e. The lowest BCUT2D eigenvalue weighted by atomic mass is 10.2. The number of furan rings is 1. The number of hydrogen-bond acceptors (Lipinski definition) is 11. The molecule has 2 N–H and O–H groups in total. The number of aromatic nitrogens is 4. The first-order valence-electron chi connectivity index (χ1n) is 10.3. The van der Waals surface area contributed by atoms with Gasteiger partial charge in [0.2, 0.25) is 17.4 Å². The van der Waals surface area contributed by atoms with E-state index < -0.39 is 11.9 Å². The van der Waals surface area contributed by atoms with Gasteiger partial charge in [0.15, 0.2) is 12.4 Å². The van der Waals surface area contributed by atoms with E-state index in [4.69, 9.17) is 35.7 Å². The molecular weight excluding hydrogens is 466 g/mol. The molecule has 0 atom stereocenters. The summed E-state index contributed by atoms with van der Waals surface area (Å²) in [5, 5.41) is 4.76. The standard InChI is InChI=1S/C22H20ClN5O6/c1-3-31-22(30)17-11(2)33-21-18(17)19(24)25-14(26-21)10-32-16(29)9-8-15-27-20(28-34-15)12-4-6-13(23)7-5-12/h4-7H,3,8-10H2,1-2H3,(H2,24,25,26). The smallest absolute Gasteiger partial charge is 0.342 e. The minimum absolute atomic E-state index is 0.00679. The second-order valence-electron chi connectivity index (χ2n) is 7.14. The van der Waals surface area contributed by atoms with Gasteiger partial charge in [-0.3, -0.25) is 4.79 Å². The number of anilines is 1. The molecule has 4 rings (SSSR count). The molecular formula is C22H20ClN5O6. The summed E-state index contributed by atoms with van der Waals surface area (Å²) >= 11 is 5.88. The summed E-state index contributed by atoms with van der Waals surface area (Å²) in [6, 6.07) is 6.98. The Labute approximate surface area is 198 Å². The van der Waals surface area contributed by atoms with Crippen molar-refractivity contribution in [2.45, 2.75) is 33.3 Å². The van der Waals surface area contributed by atoms with Gasteiger partial charge in [0.05, 0.1) is 18.4 Å². The molecule has 12 heteroatoms. The van der Waals surface area contributed by atoms with Gasteiger partial charge in [-0.15, -0.1) is 0 Å². The van der Waals surface area contributed by atoms with E-state index in [9.17, 15) is 9.59 Å². The van der Waals surface area contributed by atoms with E-state index in [2.05, 4.69) is 20.1 Å². The zero-order chi connectivity index (χ0) is 24.2. The number of esters is 2. The molecule has 3 heterocycles. The minimum Gasteiger partial charge on any atom is -0.462 e. The predicted octanol–water partition coefficient (Wildman–Crippen LogP) is 3.67. The topological polar surface area (TPSA) is 156 Å². The lowest BCUT2D eigenvalue weighted by Gasteiger charge is -2.05. The molecule has 0 aliphatic rings. The quantitative estimate of drug-likeness (QED) is 0.363. The van der Waals surface area contributed by atoms with Crippen molar-refractivity contribution in [2.24, 2.45) is 0 Å². The van der Waals surface area contributed by atoms with Crippen LogP contribution >= 0.6 is 11.6 Å². The monoisotopic (exact) mass is 485 g/mol. The van der Waals surface area contributed by atoms with Gasteiger partial charge in [0.1, 0.15) is 17.1 Å². The molecule has 0 saturated heterocycles. The van der Waals surface area contributed by atoms with Crippen LogP contribution in [0.25, 0.3) is 22.5 Å². The summed E-state index contributed by atoms with van der Waals surface area (Å²) in [7, 11) is 0. The molecule has 4 aromatic rings. The Morgan fingerprint density at radius 2 is 1.88 bits per heavy atom. The number of hydrogen-bond donors (Lipinski definition) is 1. The summed E-state index contributed by atoms with van der Waals surface area (Å²) in [6.45, 7) is 3.26. The van der Waals surface area contributed by atoms with Crippen LogP contribution in [0.5, 0.6) is 0 Å². The van der Waals surface area contributed by atoms with Gasteiger partial charge in [-0.25, -0.2) is 9.78 Å². The highest BCUT2D eigenvalue weighted by atomic mass is 35.5. The molecule has 0 aliphatic heterocycles. The molecule has 1 aromatic carbocycles. The Hall–Kier alpha value is -3.99. The normalized spacial score (nSPS) is 11.0. The second kappa shape index (κ2) is 9.87. The Bertz CT molecular complexity index is 1350. The van der Waals surface area contributed by atoms with Crippen LogP contribution in [0.3, 0.4) is 0 Å². The molecule has 176 valence electrons. The zero-order valence-electron chi connectivity index (χ0n) is 18.3. The van der Waals surface area contributed by atoms with Crippen molar-refractivity contribution in [3.05, 3.63) is 52.3 Å². The van der Waals surface area contributed by atoms with Crippen molar-refractivity contribution in [3.63, 3.8) is 0 Å². The maximum atomic E-state index is 12.2. The third-order valence-corrected chi connectivity index (χ3v) is 5.01. The van der Waals surface area contributed by atoms with Crippen LogP contribution in [-0.4, -0.2) is 38.7 Å². The molecule has 0 fully saturated rings. The number of fused-ring (bicyclic) bond motifs is 1. The summed E-state index contributed by atoms with van der Waals surface area (Å²) in [5.74, 6) is 0.0577. The number of rotatable bonds is 8. The maximum Gasteiger partial charge on any atom is 0.342 e. The van der Waals surface area contributed by atoms with Gasteiger partial charge in [0, 0.05) is 17.0 Å². The van der Waals surface area contributed by atoms with Crippen LogP contribution in [0.1, 0.15) is 41.2 Å². The highest BCUT2D eigenvalue weighted by molar-refractivity contribution is 6.30. The summed E-state index contributed by atoms with van der Waals surface area (Å²) < 4.78 is 21.0. The maximum absolute atomic E-state index is 12.2. The molecule has 0 radical (unpaired) electrons. The number of nitrogens with zero attached hydrogens (tertiary/aromatic N) is 4. The summed E-state index contributed by atoms with van der Waals surface area (Å²) in [6.07, 6.45) is 0.203. The SMILES string of the molecule is CCOC(=O)c1c(C)oc2nc(COC(=O)CCc3nc(-c4ccc(Cl)cc4)no3)nc(N)c12. The Morgan fingerprint density at radius 3 is 2.62 bits per heavy atom. The third kappa shape index (κ3) is 4.99. The number of carbonyl (C=O) groups is 2. The van der Waals surface area contributed by atoms with E-state index in [1.54, 1.807) is 38.1 Å². The van der Waals surface area contributed by atoms with E-state index in [1.807, 2.05) is 0 Å². The first-order valence-corrected chi connectivity index (χ1v) is 10.7. The van der Waals surface area contributed by atoms with Crippen molar-refractivity contribution in [1.29, 1.82) is 0 Å². The van der Waals surface area contributed by atoms with Crippen molar-refractivity contribution in [1.82, 2.24) is 20.1 Å². The number of benzene rings is 1. The fourth-order valence-corrected chi connectivity index (χ4v) is 3.32. The molecule has 34 heavy (non-hydrogen) atoms. The van der Waals surface area contributed by atoms with Crippen LogP contribution in [-0.2, 0) is 27.3 Å². The van der Waals surface area contributed by atoms with Crippen molar-refractivity contribution in [3.8, 4) is 11.4 Å². The van der Waals surface area contributed by atoms with E-state index in [-0.39, 0.29) is 54.4 Å². The minimum atomic E-state index is -0.575. The first-order chi connectivity index (χ1) is 16.4. The molecule has 0 spiro atoms. The van der Waals surface area contributed by atoms with Crippen LogP contribution in [0.2, 0.25) is 5.02 Å². The fraction of sp³-hybridized carbons (Fsp3) is 0.273. The Morgan fingerprint density at radius 1 is 1.12 bits per heavy atom. The molecule has 11 nitrogen and oxygen atoms in total. The van der Waals surface area contributed by atoms with Crippen LogP contribution in [0, 0.1) is 6.92 Å². The molecule has 0 bridgehead atoms. The van der Waals surface area contributed by atoms with Crippen LogP contribution in [0.15, 0.2) is 33.2 Å². The van der Waals surface area contributed by atoms with Crippen LogP contribution < -0.4 is 5.73 Å². The summed E-state index contributed by atoms with van der Waals surface area (Å²) in [5.41, 5.74) is 7.04. The molecule has 0 unspecified atom stereocenters. The third-order valence-electron chi connectivity index (χ3n) is 4.76. The zero-order valence-corrected chi connectivity index (χ0v) is 19.1. The molecule has 0 amide bonds. The first kappa shape index (κ1) is 23.2. The number of ether oxygens (including phenoxy) is 2. The average Bonchev–Trinajstić information content (AvgIpc) is 3.41. The second-order valence-corrected chi connectivity index (χ2v) is 7.57. The van der Waals surface area contributed by atoms with Crippen LogP contribution in [0.4, 0.5) is 5.82 Å². The Balaban J connectivity index is 1.36. The van der Waals surface area contributed by atoms with Crippen molar-refractivity contribution < 1.29 is 28.0 Å². The fourth-order valence-electron chi connectivity index (χ4n) is 3.20. The van der Waals surface area contributed by atoms with E-state index in [0.717, 1.165) is 5.56 Å². The van der Waals surface area contributed by atoms with Gasteiger partial charge >= 0.3 is 11.9 Å². The van der Waals surface area contributed by atoms with E-state index in [1.165, 1.54) is 0 Å².